The molecule has 0 spiro atoms. The number of rotatable bonds is 4. The summed E-state index contributed by atoms with van der Waals surface area (Å²) in [5.74, 6) is 0.850. The summed E-state index contributed by atoms with van der Waals surface area (Å²) in [6.45, 7) is 4.02. The van der Waals surface area contributed by atoms with Gasteiger partial charge in [0.05, 0.1) is 18.1 Å². The van der Waals surface area contributed by atoms with Crippen LogP contribution in [0.5, 0.6) is 5.75 Å². The Kier molecular flexibility index (Phi) is 5.13. The topological polar surface area (TPSA) is 50.5 Å². The first-order valence-electron chi connectivity index (χ1n) is 6.60. The Hall–Kier alpha value is -1.17. The summed E-state index contributed by atoms with van der Waals surface area (Å²) in [6, 6.07) is 8.01. The maximum Gasteiger partial charge on any atom is 0.118 e. The summed E-state index contributed by atoms with van der Waals surface area (Å²) in [6.07, 6.45) is 1.12. The van der Waals surface area contributed by atoms with E-state index in [-0.39, 0.29) is 6.04 Å². The average molecular weight is 279 g/mol. The van der Waals surface area contributed by atoms with Crippen molar-refractivity contribution in [2.24, 2.45) is 5.73 Å². The molecule has 0 saturated carbocycles. The van der Waals surface area contributed by atoms with Crippen LogP contribution >= 0.6 is 12.2 Å². The fraction of sp³-hybridized carbons (Fsp3) is 0.500. The van der Waals surface area contributed by atoms with Gasteiger partial charge in [-0.3, -0.25) is 4.90 Å². The van der Waals surface area contributed by atoms with Gasteiger partial charge >= 0.3 is 0 Å². The van der Waals surface area contributed by atoms with Crippen molar-refractivity contribution in [2.75, 3.05) is 33.3 Å². The molecule has 104 valence electrons. The van der Waals surface area contributed by atoms with Crippen LogP contribution in [0.2, 0.25) is 0 Å². The molecule has 1 aliphatic rings. The van der Waals surface area contributed by atoms with Crippen LogP contribution in [0.4, 0.5) is 0 Å². The molecule has 5 heteroatoms. The van der Waals surface area contributed by atoms with Gasteiger partial charge in [-0.2, -0.15) is 0 Å². The van der Waals surface area contributed by atoms with Crippen LogP contribution in [0, 0.1) is 0 Å². The molecule has 1 heterocycles. The van der Waals surface area contributed by atoms with Crippen LogP contribution in [0.25, 0.3) is 0 Å². The second-order valence-corrected chi connectivity index (χ2v) is 5.19. The molecule has 1 unspecified atom stereocenters. The van der Waals surface area contributed by atoms with Gasteiger partial charge < -0.3 is 15.8 Å². The number of thiocarbonyl (C=S) groups is 1. The lowest BCUT2D eigenvalue weighted by Crippen LogP contribution is -2.38. The molecule has 2 rings (SSSR count). The zero-order valence-corrected chi connectivity index (χ0v) is 12.1. The summed E-state index contributed by atoms with van der Waals surface area (Å²) in [7, 11) is 1.67. The highest BCUT2D eigenvalue weighted by Crippen LogP contribution is 2.24. The molecule has 1 aromatic carbocycles. The number of nitrogens with one attached hydrogen (secondary N) is 1. The van der Waals surface area contributed by atoms with E-state index in [0.717, 1.165) is 43.9 Å². The summed E-state index contributed by atoms with van der Waals surface area (Å²) in [5.41, 5.74) is 7.09. The fourth-order valence-electron chi connectivity index (χ4n) is 2.47. The van der Waals surface area contributed by atoms with E-state index in [2.05, 4.69) is 10.2 Å². The number of nitrogens with two attached hydrogens (primary N) is 1. The molecule has 1 atom stereocenters. The normalized spacial score (nSPS) is 18.6. The van der Waals surface area contributed by atoms with Crippen LogP contribution in [-0.2, 0) is 0 Å². The number of hydrogen-bond donors (Lipinski definition) is 2. The molecule has 3 N–H and O–H groups in total. The molecule has 19 heavy (non-hydrogen) atoms. The van der Waals surface area contributed by atoms with Crippen molar-refractivity contribution >= 4 is 17.2 Å². The van der Waals surface area contributed by atoms with Gasteiger partial charge in [-0.25, -0.2) is 0 Å². The van der Waals surface area contributed by atoms with Crippen molar-refractivity contribution < 1.29 is 4.74 Å². The Morgan fingerprint density at radius 3 is 2.68 bits per heavy atom. The lowest BCUT2D eigenvalue weighted by molar-refractivity contribution is 0.261. The Morgan fingerprint density at radius 1 is 1.32 bits per heavy atom. The quantitative estimate of drug-likeness (QED) is 0.814. The van der Waals surface area contributed by atoms with Gasteiger partial charge in [0.15, 0.2) is 0 Å². The van der Waals surface area contributed by atoms with E-state index < -0.39 is 0 Å². The number of nitrogens with zero attached hydrogens (tertiary/aromatic N) is 1. The van der Waals surface area contributed by atoms with E-state index >= 15 is 0 Å². The lowest BCUT2D eigenvalue weighted by atomic mass is 10.0. The molecule has 0 aromatic heterocycles. The van der Waals surface area contributed by atoms with Gasteiger partial charge in [0.1, 0.15) is 5.75 Å². The minimum absolute atomic E-state index is 0.0146. The van der Waals surface area contributed by atoms with Crippen LogP contribution in [-0.4, -0.2) is 43.2 Å². The third-order valence-corrected chi connectivity index (χ3v) is 3.66. The zero-order valence-electron chi connectivity index (χ0n) is 11.3. The number of hydrogen-bond acceptors (Lipinski definition) is 4. The Balaban J connectivity index is 2.20. The monoisotopic (exact) mass is 279 g/mol. The second-order valence-electron chi connectivity index (χ2n) is 4.72. The van der Waals surface area contributed by atoms with Crippen molar-refractivity contribution in [1.29, 1.82) is 0 Å². The molecule has 0 radical (unpaired) electrons. The zero-order chi connectivity index (χ0) is 13.7. The average Bonchev–Trinajstić information content (AvgIpc) is 2.68. The van der Waals surface area contributed by atoms with Gasteiger partial charge in [0.25, 0.3) is 0 Å². The molecule has 0 bridgehead atoms. The van der Waals surface area contributed by atoms with Crippen molar-refractivity contribution in [2.45, 2.75) is 12.5 Å². The summed E-state index contributed by atoms with van der Waals surface area (Å²) >= 11 is 5.27. The van der Waals surface area contributed by atoms with Gasteiger partial charge in [-0.15, -0.1) is 0 Å². The molecule has 1 aromatic rings. The summed E-state index contributed by atoms with van der Waals surface area (Å²) < 4.78 is 5.19. The van der Waals surface area contributed by atoms with Crippen molar-refractivity contribution in [1.82, 2.24) is 10.2 Å². The maximum absolute atomic E-state index is 5.96. The molecular weight excluding hydrogens is 258 g/mol. The third kappa shape index (κ3) is 3.65. The largest absolute Gasteiger partial charge is 0.497 e. The number of benzene rings is 1. The summed E-state index contributed by atoms with van der Waals surface area (Å²) in [5, 5.41) is 3.39. The standard InChI is InChI=1S/C14H21N3OS/c1-18-12-5-3-11(4-6-12)13(14(15)19)17-9-2-7-16-8-10-17/h3-6,13,16H,2,7-10H2,1H3,(H2,15,19). The molecule has 1 fully saturated rings. The van der Waals surface area contributed by atoms with Crippen LogP contribution < -0.4 is 15.8 Å². The van der Waals surface area contributed by atoms with Crippen LogP contribution in [0.3, 0.4) is 0 Å². The second kappa shape index (κ2) is 6.84. The van der Waals surface area contributed by atoms with Crippen LogP contribution in [0.1, 0.15) is 18.0 Å². The fourth-order valence-corrected chi connectivity index (χ4v) is 2.75. The highest BCUT2D eigenvalue weighted by Gasteiger charge is 2.23. The van der Waals surface area contributed by atoms with E-state index in [4.69, 9.17) is 22.7 Å². The van der Waals surface area contributed by atoms with Crippen molar-refractivity contribution in [3.63, 3.8) is 0 Å². The van der Waals surface area contributed by atoms with E-state index in [9.17, 15) is 0 Å². The highest BCUT2D eigenvalue weighted by atomic mass is 32.1. The molecule has 0 aliphatic carbocycles. The predicted molar refractivity (Wildman–Crippen MR) is 81.6 cm³/mol. The molecule has 4 nitrogen and oxygen atoms in total. The molecule has 1 saturated heterocycles. The van der Waals surface area contributed by atoms with Gasteiger partial charge in [0.2, 0.25) is 0 Å². The Bertz CT molecular complexity index is 413. The maximum atomic E-state index is 5.96. The van der Waals surface area contributed by atoms with E-state index in [1.54, 1.807) is 7.11 Å². The van der Waals surface area contributed by atoms with E-state index in [1.807, 2.05) is 24.3 Å². The van der Waals surface area contributed by atoms with Gasteiger partial charge in [0, 0.05) is 19.6 Å². The minimum atomic E-state index is 0.0146. The molecule has 1 aliphatic heterocycles. The lowest BCUT2D eigenvalue weighted by Gasteiger charge is -2.30. The van der Waals surface area contributed by atoms with Crippen molar-refractivity contribution in [3.8, 4) is 5.75 Å². The molecular formula is C14H21N3OS. The van der Waals surface area contributed by atoms with Gasteiger partial charge in [-0.05, 0) is 30.7 Å². The first-order valence-corrected chi connectivity index (χ1v) is 7.01. The van der Waals surface area contributed by atoms with Gasteiger partial charge in [-0.1, -0.05) is 24.4 Å². The smallest absolute Gasteiger partial charge is 0.118 e. The first kappa shape index (κ1) is 14.2. The molecule has 0 amide bonds. The van der Waals surface area contributed by atoms with Crippen molar-refractivity contribution in [3.05, 3.63) is 29.8 Å². The number of ether oxygens (including phenoxy) is 1. The number of methoxy groups -OCH3 is 1. The summed E-state index contributed by atoms with van der Waals surface area (Å²) in [4.78, 5) is 2.89. The highest BCUT2D eigenvalue weighted by molar-refractivity contribution is 7.80. The van der Waals surface area contributed by atoms with E-state index in [0.29, 0.717) is 4.99 Å². The Labute approximate surface area is 119 Å². The Morgan fingerprint density at radius 2 is 2.05 bits per heavy atom. The minimum Gasteiger partial charge on any atom is -0.497 e. The first-order chi connectivity index (χ1) is 9.22. The van der Waals surface area contributed by atoms with E-state index in [1.165, 1.54) is 0 Å². The third-order valence-electron chi connectivity index (χ3n) is 3.44. The SMILES string of the molecule is COc1ccc(C(C(N)=S)N2CCCNCC2)cc1. The van der Waals surface area contributed by atoms with Crippen LogP contribution in [0.15, 0.2) is 24.3 Å². The predicted octanol–water partition coefficient (Wildman–Crippen LogP) is 1.32.